The number of anilines is 2. The van der Waals surface area contributed by atoms with Gasteiger partial charge in [-0.15, -0.1) is 11.3 Å². The van der Waals surface area contributed by atoms with E-state index in [-0.39, 0.29) is 9.10 Å². The molecule has 1 saturated heterocycles. The Labute approximate surface area is 196 Å². The van der Waals surface area contributed by atoms with Crippen molar-refractivity contribution >= 4 is 48.7 Å². The molecule has 0 aliphatic carbocycles. The number of benzene rings is 2. The van der Waals surface area contributed by atoms with Gasteiger partial charge in [-0.3, -0.25) is 9.52 Å². The monoisotopic (exact) mass is 507 g/mol. The van der Waals surface area contributed by atoms with Crippen molar-refractivity contribution in [3.63, 3.8) is 0 Å². The fourth-order valence-electron chi connectivity index (χ4n) is 3.16. The maximum absolute atomic E-state index is 12.7. The summed E-state index contributed by atoms with van der Waals surface area (Å²) >= 11 is 1.11. The summed E-state index contributed by atoms with van der Waals surface area (Å²) < 4.78 is 59.2. The molecule has 0 unspecified atom stereocenters. The largest absolute Gasteiger partial charge is 0.379 e. The van der Waals surface area contributed by atoms with Crippen molar-refractivity contribution in [2.24, 2.45) is 0 Å². The van der Waals surface area contributed by atoms with Crippen LogP contribution in [0.3, 0.4) is 0 Å². The first-order chi connectivity index (χ1) is 15.8. The molecule has 1 aliphatic rings. The third kappa shape index (κ3) is 5.42. The molecular formula is C21H21N3O6S3. The standard InChI is InChI=1S/C21H21N3O6S3/c25-21(16-3-5-18(6-4-16)23-32(26,27)20-2-1-15-31-20)22-17-7-9-19(10-8-17)33(28,29)24-11-13-30-14-12-24/h1-10,15,23H,11-14H2,(H,22,25). The average Bonchev–Trinajstić information content (AvgIpc) is 3.36. The van der Waals surface area contributed by atoms with Gasteiger partial charge < -0.3 is 10.1 Å². The molecule has 2 N–H and O–H groups in total. The van der Waals surface area contributed by atoms with E-state index in [2.05, 4.69) is 10.0 Å². The summed E-state index contributed by atoms with van der Waals surface area (Å²) in [6.45, 7) is 1.34. The second-order valence-corrected chi connectivity index (χ2v) is 11.9. The fourth-order valence-corrected chi connectivity index (χ4v) is 6.62. The zero-order valence-corrected chi connectivity index (χ0v) is 19.8. The Bertz CT molecular complexity index is 1310. The summed E-state index contributed by atoms with van der Waals surface area (Å²) in [5.74, 6) is -0.411. The summed E-state index contributed by atoms with van der Waals surface area (Å²) in [4.78, 5) is 12.7. The zero-order valence-electron chi connectivity index (χ0n) is 17.3. The van der Waals surface area contributed by atoms with Gasteiger partial charge in [-0.2, -0.15) is 4.31 Å². The van der Waals surface area contributed by atoms with Crippen LogP contribution in [0.4, 0.5) is 11.4 Å². The summed E-state index contributed by atoms with van der Waals surface area (Å²) in [6.07, 6.45) is 0. The van der Waals surface area contributed by atoms with Crippen molar-refractivity contribution < 1.29 is 26.4 Å². The van der Waals surface area contributed by atoms with E-state index in [1.54, 1.807) is 11.4 Å². The molecule has 0 radical (unpaired) electrons. The lowest BCUT2D eigenvalue weighted by Gasteiger charge is -2.26. The highest BCUT2D eigenvalue weighted by Crippen LogP contribution is 2.22. The third-order valence-electron chi connectivity index (χ3n) is 4.88. The molecule has 2 aromatic carbocycles. The minimum Gasteiger partial charge on any atom is -0.379 e. The number of morpholine rings is 1. The van der Waals surface area contributed by atoms with Crippen LogP contribution in [0.15, 0.2) is 75.1 Å². The van der Waals surface area contributed by atoms with E-state index in [0.717, 1.165) is 11.3 Å². The number of ether oxygens (including phenoxy) is 1. The SMILES string of the molecule is O=C(Nc1ccc(S(=O)(=O)N2CCOCC2)cc1)c1ccc(NS(=O)(=O)c2cccs2)cc1. The molecule has 0 spiro atoms. The summed E-state index contributed by atoms with van der Waals surface area (Å²) in [5.41, 5.74) is 1.08. The summed E-state index contributed by atoms with van der Waals surface area (Å²) in [7, 11) is -7.28. The number of thiophene rings is 1. The van der Waals surface area contributed by atoms with E-state index >= 15 is 0 Å². The maximum Gasteiger partial charge on any atom is 0.271 e. The Hall–Kier alpha value is -2.77. The number of rotatable bonds is 7. The molecule has 12 heteroatoms. The molecule has 174 valence electrons. The van der Waals surface area contributed by atoms with Crippen LogP contribution in [0, 0.1) is 0 Å². The molecule has 1 amide bonds. The minimum absolute atomic E-state index is 0.143. The Kier molecular flexibility index (Phi) is 6.81. The molecule has 0 bridgehead atoms. The molecule has 3 aromatic rings. The Morgan fingerprint density at radius 2 is 1.52 bits per heavy atom. The van der Waals surface area contributed by atoms with Gasteiger partial charge in [-0.1, -0.05) is 6.07 Å². The quantitative estimate of drug-likeness (QED) is 0.507. The first-order valence-corrected chi connectivity index (χ1v) is 13.7. The normalized spacial score (nSPS) is 15.2. The van der Waals surface area contributed by atoms with Crippen LogP contribution in [0.25, 0.3) is 0 Å². The number of hydrogen-bond donors (Lipinski definition) is 2. The predicted molar refractivity (Wildman–Crippen MR) is 126 cm³/mol. The van der Waals surface area contributed by atoms with Crippen molar-refractivity contribution in [2.45, 2.75) is 9.10 Å². The number of amides is 1. The first kappa shape index (κ1) is 23.4. The molecule has 0 atom stereocenters. The van der Waals surface area contributed by atoms with Crippen molar-refractivity contribution in [3.8, 4) is 0 Å². The van der Waals surface area contributed by atoms with Gasteiger partial charge in [-0.25, -0.2) is 16.8 Å². The third-order valence-corrected chi connectivity index (χ3v) is 9.57. The van der Waals surface area contributed by atoms with Gasteiger partial charge in [-0.05, 0) is 60.0 Å². The molecule has 2 heterocycles. The van der Waals surface area contributed by atoms with Crippen LogP contribution in [0.2, 0.25) is 0 Å². The first-order valence-electron chi connectivity index (χ1n) is 9.91. The van der Waals surface area contributed by atoms with Gasteiger partial charge in [0.15, 0.2) is 0 Å². The van der Waals surface area contributed by atoms with E-state index in [1.165, 1.54) is 58.9 Å². The molecule has 4 rings (SSSR count). The van der Waals surface area contributed by atoms with E-state index in [0.29, 0.717) is 43.2 Å². The lowest BCUT2D eigenvalue weighted by atomic mass is 10.2. The molecule has 0 saturated carbocycles. The van der Waals surface area contributed by atoms with Gasteiger partial charge in [0.1, 0.15) is 4.21 Å². The second-order valence-electron chi connectivity index (χ2n) is 7.11. The van der Waals surface area contributed by atoms with Gasteiger partial charge >= 0.3 is 0 Å². The minimum atomic E-state index is -3.67. The van der Waals surface area contributed by atoms with E-state index in [4.69, 9.17) is 4.74 Å². The smallest absolute Gasteiger partial charge is 0.271 e. The van der Waals surface area contributed by atoms with Crippen LogP contribution >= 0.6 is 11.3 Å². The van der Waals surface area contributed by atoms with Gasteiger partial charge in [0.2, 0.25) is 10.0 Å². The number of nitrogens with zero attached hydrogens (tertiary/aromatic N) is 1. The van der Waals surface area contributed by atoms with Crippen LogP contribution < -0.4 is 10.0 Å². The number of hydrogen-bond acceptors (Lipinski definition) is 7. The molecule has 1 fully saturated rings. The van der Waals surface area contributed by atoms with Crippen molar-refractivity contribution in [3.05, 3.63) is 71.6 Å². The number of carbonyl (C=O) groups is 1. The Balaban J connectivity index is 1.40. The van der Waals surface area contributed by atoms with Crippen LogP contribution in [-0.2, 0) is 24.8 Å². The van der Waals surface area contributed by atoms with Crippen molar-refractivity contribution in [2.75, 3.05) is 36.3 Å². The summed E-state index contributed by atoms with van der Waals surface area (Å²) in [5, 5.41) is 4.38. The predicted octanol–water partition coefficient (Wildman–Crippen LogP) is 2.82. The maximum atomic E-state index is 12.7. The Morgan fingerprint density at radius 3 is 2.12 bits per heavy atom. The van der Waals surface area contributed by atoms with E-state index < -0.39 is 26.0 Å². The van der Waals surface area contributed by atoms with E-state index in [9.17, 15) is 21.6 Å². The van der Waals surface area contributed by atoms with Crippen LogP contribution in [-0.4, -0.2) is 53.4 Å². The average molecular weight is 508 g/mol. The second kappa shape index (κ2) is 9.61. The molecule has 33 heavy (non-hydrogen) atoms. The summed E-state index contributed by atoms with van der Waals surface area (Å²) in [6, 6.07) is 15.1. The van der Waals surface area contributed by atoms with Crippen LogP contribution in [0.5, 0.6) is 0 Å². The highest BCUT2D eigenvalue weighted by Gasteiger charge is 2.26. The van der Waals surface area contributed by atoms with Crippen molar-refractivity contribution in [1.82, 2.24) is 4.31 Å². The Morgan fingerprint density at radius 1 is 0.879 bits per heavy atom. The molecule has 9 nitrogen and oxygen atoms in total. The molecular weight excluding hydrogens is 486 g/mol. The molecule has 1 aromatic heterocycles. The lowest BCUT2D eigenvalue weighted by molar-refractivity contribution is 0.0730. The van der Waals surface area contributed by atoms with Crippen LogP contribution in [0.1, 0.15) is 10.4 Å². The highest BCUT2D eigenvalue weighted by atomic mass is 32.2. The molecule has 1 aliphatic heterocycles. The van der Waals surface area contributed by atoms with Gasteiger partial charge in [0, 0.05) is 30.0 Å². The number of nitrogens with one attached hydrogen (secondary N) is 2. The fraction of sp³-hybridized carbons (Fsp3) is 0.190. The van der Waals surface area contributed by atoms with E-state index in [1.807, 2.05) is 0 Å². The zero-order chi connectivity index (χ0) is 23.5. The topological polar surface area (TPSA) is 122 Å². The highest BCUT2D eigenvalue weighted by molar-refractivity contribution is 7.94. The number of carbonyl (C=O) groups excluding carboxylic acids is 1. The van der Waals surface area contributed by atoms with Gasteiger partial charge in [0.25, 0.3) is 15.9 Å². The van der Waals surface area contributed by atoms with Gasteiger partial charge in [0.05, 0.1) is 18.1 Å². The number of sulfonamides is 2. The lowest BCUT2D eigenvalue weighted by Crippen LogP contribution is -2.40. The van der Waals surface area contributed by atoms with Crippen molar-refractivity contribution in [1.29, 1.82) is 0 Å².